The third kappa shape index (κ3) is 2.83. The van der Waals surface area contributed by atoms with Crippen molar-refractivity contribution in [3.8, 4) is 0 Å². The Balaban J connectivity index is 2.47. The maximum Gasteiger partial charge on any atom is 0.343 e. The fourth-order valence-electron chi connectivity index (χ4n) is 1.50. The number of hydrogen-bond acceptors (Lipinski definition) is 3. The summed E-state index contributed by atoms with van der Waals surface area (Å²) in [5.74, 6) is 0.228. The highest BCUT2D eigenvalue weighted by Crippen LogP contribution is 2.11. The summed E-state index contributed by atoms with van der Waals surface area (Å²) in [7, 11) is 0. The standard InChI is InChI=1S/C8H14ClN3O2/c9-4-7-12(10-14)8(13)11-5-2-1-3-6-11/h1-7H2. The third-order valence-corrected chi connectivity index (χ3v) is 2.41. The number of rotatable bonds is 3. The minimum Gasteiger partial charge on any atom is -0.323 e. The molecule has 6 heteroatoms. The first kappa shape index (κ1) is 11.2. The van der Waals surface area contributed by atoms with E-state index < -0.39 is 0 Å². The molecule has 1 rings (SSSR count). The van der Waals surface area contributed by atoms with Crippen LogP contribution in [0.5, 0.6) is 0 Å². The molecule has 1 saturated heterocycles. The predicted molar refractivity (Wildman–Crippen MR) is 54.0 cm³/mol. The van der Waals surface area contributed by atoms with Crippen molar-refractivity contribution < 1.29 is 4.79 Å². The first-order valence-corrected chi connectivity index (χ1v) is 5.28. The molecule has 0 N–H and O–H groups in total. The fraction of sp³-hybridized carbons (Fsp3) is 0.875. The molecule has 1 aliphatic heterocycles. The molecule has 0 aromatic heterocycles. The summed E-state index contributed by atoms with van der Waals surface area (Å²) >= 11 is 5.45. The summed E-state index contributed by atoms with van der Waals surface area (Å²) < 4.78 is 0. The second kappa shape index (κ2) is 5.80. The van der Waals surface area contributed by atoms with Crippen LogP contribution in [-0.4, -0.2) is 41.5 Å². The van der Waals surface area contributed by atoms with Crippen LogP contribution in [-0.2, 0) is 0 Å². The number of hydrogen-bond donors (Lipinski definition) is 0. The first-order valence-electron chi connectivity index (χ1n) is 4.75. The van der Waals surface area contributed by atoms with Crippen molar-refractivity contribution in [3.63, 3.8) is 0 Å². The van der Waals surface area contributed by atoms with E-state index in [-0.39, 0.29) is 18.5 Å². The molecule has 0 saturated carbocycles. The lowest BCUT2D eigenvalue weighted by Crippen LogP contribution is -2.43. The minimum absolute atomic E-state index is 0.181. The van der Waals surface area contributed by atoms with Crippen molar-refractivity contribution in [1.82, 2.24) is 9.91 Å². The van der Waals surface area contributed by atoms with E-state index in [4.69, 9.17) is 11.6 Å². The van der Waals surface area contributed by atoms with Gasteiger partial charge in [-0.05, 0) is 19.3 Å². The van der Waals surface area contributed by atoms with Gasteiger partial charge in [-0.25, -0.2) is 4.79 Å². The van der Waals surface area contributed by atoms with Crippen LogP contribution in [0.25, 0.3) is 0 Å². The summed E-state index contributed by atoms with van der Waals surface area (Å²) in [6.45, 7) is 1.61. The van der Waals surface area contributed by atoms with Crippen LogP contribution in [0.2, 0.25) is 0 Å². The Labute approximate surface area is 87.9 Å². The average Bonchev–Trinajstić information content (AvgIpc) is 2.26. The smallest absolute Gasteiger partial charge is 0.323 e. The average molecular weight is 220 g/mol. The summed E-state index contributed by atoms with van der Waals surface area (Å²) in [5, 5.41) is 3.55. The molecule has 5 nitrogen and oxygen atoms in total. The number of carbonyl (C=O) groups is 1. The van der Waals surface area contributed by atoms with Crippen molar-refractivity contribution in [2.75, 3.05) is 25.5 Å². The lowest BCUT2D eigenvalue weighted by Gasteiger charge is -2.28. The van der Waals surface area contributed by atoms with Gasteiger partial charge in [0.15, 0.2) is 0 Å². The third-order valence-electron chi connectivity index (χ3n) is 2.24. The quantitative estimate of drug-likeness (QED) is 0.413. The van der Waals surface area contributed by atoms with Gasteiger partial charge in [-0.3, -0.25) is 0 Å². The van der Waals surface area contributed by atoms with E-state index in [1.54, 1.807) is 4.90 Å². The van der Waals surface area contributed by atoms with Crippen LogP contribution in [0.3, 0.4) is 0 Å². The van der Waals surface area contributed by atoms with Gasteiger partial charge in [-0.1, -0.05) is 0 Å². The summed E-state index contributed by atoms with van der Waals surface area (Å²) in [6, 6.07) is -0.319. The van der Waals surface area contributed by atoms with Crippen LogP contribution in [0.4, 0.5) is 4.79 Å². The Hall–Kier alpha value is -0.840. The van der Waals surface area contributed by atoms with Gasteiger partial charge >= 0.3 is 6.03 Å². The topological polar surface area (TPSA) is 53.0 Å². The molecule has 2 amide bonds. The zero-order valence-electron chi connectivity index (χ0n) is 7.99. The molecule has 1 heterocycles. The van der Waals surface area contributed by atoms with Gasteiger partial charge < -0.3 is 4.90 Å². The summed E-state index contributed by atoms with van der Waals surface area (Å²) in [6.07, 6.45) is 3.15. The van der Waals surface area contributed by atoms with Gasteiger partial charge in [0.25, 0.3) is 0 Å². The number of likely N-dealkylation sites (tertiary alicyclic amines) is 1. The molecule has 0 atom stereocenters. The van der Waals surface area contributed by atoms with E-state index in [9.17, 15) is 9.70 Å². The maximum absolute atomic E-state index is 11.6. The summed E-state index contributed by atoms with van der Waals surface area (Å²) in [4.78, 5) is 23.6. The van der Waals surface area contributed by atoms with Crippen molar-refractivity contribution in [1.29, 1.82) is 0 Å². The molecule has 1 aliphatic rings. The Kier molecular flexibility index (Phi) is 4.65. The number of nitrogens with zero attached hydrogens (tertiary/aromatic N) is 3. The van der Waals surface area contributed by atoms with Crippen LogP contribution < -0.4 is 0 Å². The number of alkyl halides is 1. The first-order chi connectivity index (χ1) is 6.79. The zero-order valence-corrected chi connectivity index (χ0v) is 8.74. The van der Waals surface area contributed by atoms with Crippen LogP contribution in [0.1, 0.15) is 19.3 Å². The number of piperidine rings is 1. The number of carbonyl (C=O) groups excluding carboxylic acids is 1. The zero-order chi connectivity index (χ0) is 10.4. The molecule has 80 valence electrons. The van der Waals surface area contributed by atoms with Gasteiger partial charge in [-0.2, -0.15) is 5.01 Å². The van der Waals surface area contributed by atoms with Crippen molar-refractivity contribution in [3.05, 3.63) is 4.91 Å². The minimum atomic E-state index is -0.319. The molecule has 0 aromatic carbocycles. The van der Waals surface area contributed by atoms with E-state index in [2.05, 4.69) is 5.29 Å². The second-order valence-corrected chi connectivity index (χ2v) is 3.60. The predicted octanol–water partition coefficient (Wildman–Crippen LogP) is 1.81. The van der Waals surface area contributed by atoms with Crippen LogP contribution >= 0.6 is 11.6 Å². The molecule has 0 spiro atoms. The molecule has 0 radical (unpaired) electrons. The van der Waals surface area contributed by atoms with Crippen LogP contribution in [0, 0.1) is 4.91 Å². The van der Waals surface area contributed by atoms with Crippen LogP contribution in [0.15, 0.2) is 5.29 Å². The highest BCUT2D eigenvalue weighted by Gasteiger charge is 2.22. The van der Waals surface area contributed by atoms with Gasteiger partial charge in [0, 0.05) is 19.0 Å². The lowest BCUT2D eigenvalue weighted by molar-refractivity contribution is 0.147. The maximum atomic E-state index is 11.6. The number of amides is 2. The second-order valence-electron chi connectivity index (χ2n) is 3.22. The van der Waals surface area contributed by atoms with E-state index in [1.807, 2.05) is 0 Å². The number of nitroso groups, excluding NO2 is 1. The molecular formula is C8H14ClN3O2. The Bertz CT molecular complexity index is 207. The molecule has 0 aromatic rings. The van der Waals surface area contributed by atoms with Gasteiger partial charge in [-0.15, -0.1) is 16.5 Å². The number of halogens is 1. The van der Waals surface area contributed by atoms with E-state index in [1.165, 1.54) is 0 Å². The number of urea groups is 1. The van der Waals surface area contributed by atoms with E-state index >= 15 is 0 Å². The molecular weight excluding hydrogens is 206 g/mol. The van der Waals surface area contributed by atoms with E-state index in [0.717, 1.165) is 24.3 Å². The Morgan fingerprint density at radius 2 is 2.00 bits per heavy atom. The fourth-order valence-corrected chi connectivity index (χ4v) is 1.66. The van der Waals surface area contributed by atoms with E-state index in [0.29, 0.717) is 13.1 Å². The van der Waals surface area contributed by atoms with Gasteiger partial charge in [0.05, 0.1) is 11.8 Å². The highest BCUT2D eigenvalue weighted by atomic mass is 35.5. The van der Waals surface area contributed by atoms with Gasteiger partial charge in [0.1, 0.15) is 0 Å². The molecule has 0 bridgehead atoms. The monoisotopic (exact) mass is 219 g/mol. The SMILES string of the molecule is O=NN(CCCl)C(=O)N1CCCCC1. The largest absolute Gasteiger partial charge is 0.343 e. The molecule has 14 heavy (non-hydrogen) atoms. The lowest BCUT2D eigenvalue weighted by atomic mass is 10.1. The van der Waals surface area contributed by atoms with Gasteiger partial charge in [0.2, 0.25) is 0 Å². The molecule has 0 aliphatic carbocycles. The normalized spacial score (nSPS) is 16.5. The summed E-state index contributed by atoms with van der Waals surface area (Å²) in [5.41, 5.74) is 0. The highest BCUT2D eigenvalue weighted by molar-refractivity contribution is 6.18. The van der Waals surface area contributed by atoms with Crippen molar-refractivity contribution in [2.24, 2.45) is 5.29 Å². The van der Waals surface area contributed by atoms with Crippen molar-refractivity contribution >= 4 is 17.6 Å². The molecule has 1 fully saturated rings. The Morgan fingerprint density at radius 1 is 1.36 bits per heavy atom. The van der Waals surface area contributed by atoms with Crippen molar-refractivity contribution in [2.45, 2.75) is 19.3 Å². The Morgan fingerprint density at radius 3 is 2.50 bits per heavy atom. The molecule has 0 unspecified atom stereocenters.